The number of H-pyrrole nitrogens is 1. The highest BCUT2D eigenvalue weighted by atomic mass is 19.1. The molecule has 5 N–H and O–H groups in total. The fourth-order valence-corrected chi connectivity index (χ4v) is 3.83. The van der Waals surface area contributed by atoms with Crippen LogP contribution in [0.5, 0.6) is 5.75 Å². The number of ether oxygens (including phenoxy) is 1. The molecule has 1 atom stereocenters. The SMILES string of the molecule is COc1ccc(F)c(C(Cc2ccc(C(=N)N)cc2)c2nn(-c3ccccc3C(=O)O)c(=O)[nH]2)c1. The van der Waals surface area contributed by atoms with Crippen molar-refractivity contribution in [3.8, 4) is 11.4 Å². The van der Waals surface area contributed by atoms with Crippen LogP contribution in [0.4, 0.5) is 4.39 Å². The third-order valence-corrected chi connectivity index (χ3v) is 5.61. The summed E-state index contributed by atoms with van der Waals surface area (Å²) in [5, 5.41) is 21.4. The maximum atomic E-state index is 15.0. The Morgan fingerprint density at radius 1 is 1.20 bits per heavy atom. The number of nitrogens with zero attached hydrogens (tertiary/aromatic N) is 2. The van der Waals surface area contributed by atoms with Gasteiger partial charge in [0.05, 0.1) is 24.3 Å². The molecular formula is C25H22FN5O4. The molecule has 0 saturated heterocycles. The minimum absolute atomic E-state index is 0.0768. The van der Waals surface area contributed by atoms with E-state index in [-0.39, 0.29) is 34.9 Å². The fourth-order valence-electron chi connectivity index (χ4n) is 3.83. The number of aromatic amines is 1. The van der Waals surface area contributed by atoms with Gasteiger partial charge >= 0.3 is 11.7 Å². The smallest absolute Gasteiger partial charge is 0.348 e. The fraction of sp³-hybridized carbons (Fsp3) is 0.120. The normalized spacial score (nSPS) is 11.7. The summed E-state index contributed by atoms with van der Waals surface area (Å²) in [4.78, 5) is 27.2. The second kappa shape index (κ2) is 9.64. The molecule has 9 nitrogen and oxygen atoms in total. The molecule has 0 spiro atoms. The number of carboxylic acid groups (broad SMARTS) is 1. The summed E-state index contributed by atoms with van der Waals surface area (Å²) in [6.45, 7) is 0. The van der Waals surface area contributed by atoms with Gasteiger partial charge in [0, 0.05) is 11.1 Å². The van der Waals surface area contributed by atoms with Gasteiger partial charge in [-0.1, -0.05) is 36.4 Å². The van der Waals surface area contributed by atoms with Gasteiger partial charge in [0.2, 0.25) is 0 Å². The van der Waals surface area contributed by atoms with E-state index < -0.39 is 23.4 Å². The lowest BCUT2D eigenvalue weighted by atomic mass is 9.90. The standard InChI is InChI=1S/C25H22FN5O4/c1-35-16-10-11-20(26)18(13-16)19(12-14-6-8-15(9-7-14)22(27)28)23-29-25(34)31(30-23)21-5-3-2-4-17(21)24(32)33/h2-11,13,19H,12H2,1H3,(H3,27,28)(H,32,33)(H,29,30,34). The van der Waals surface area contributed by atoms with E-state index in [0.717, 1.165) is 10.2 Å². The Morgan fingerprint density at radius 3 is 2.57 bits per heavy atom. The van der Waals surface area contributed by atoms with Gasteiger partial charge in [-0.3, -0.25) is 10.4 Å². The van der Waals surface area contributed by atoms with Crippen molar-refractivity contribution >= 4 is 11.8 Å². The third kappa shape index (κ3) is 4.81. The number of methoxy groups -OCH3 is 1. The Bertz CT molecular complexity index is 1460. The first-order chi connectivity index (χ1) is 16.8. The highest BCUT2D eigenvalue weighted by Gasteiger charge is 2.25. The van der Waals surface area contributed by atoms with E-state index in [1.807, 2.05) is 0 Å². The zero-order valence-electron chi connectivity index (χ0n) is 18.7. The lowest BCUT2D eigenvalue weighted by molar-refractivity contribution is 0.0696. The number of aromatic nitrogens is 3. The molecule has 0 aliphatic rings. The Morgan fingerprint density at radius 2 is 1.91 bits per heavy atom. The van der Waals surface area contributed by atoms with Crippen LogP contribution < -0.4 is 16.2 Å². The van der Waals surface area contributed by atoms with Crippen molar-refractivity contribution in [2.45, 2.75) is 12.3 Å². The predicted molar refractivity (Wildman–Crippen MR) is 127 cm³/mol. The maximum Gasteiger partial charge on any atom is 0.348 e. The number of amidine groups is 1. The Kier molecular flexibility index (Phi) is 6.45. The Hall–Kier alpha value is -4.73. The van der Waals surface area contributed by atoms with Gasteiger partial charge in [-0.25, -0.2) is 14.0 Å². The number of rotatable bonds is 8. The van der Waals surface area contributed by atoms with Crippen LogP contribution >= 0.6 is 0 Å². The average molecular weight is 475 g/mol. The first kappa shape index (κ1) is 23.4. The molecule has 1 aromatic heterocycles. The van der Waals surface area contributed by atoms with E-state index in [1.54, 1.807) is 36.4 Å². The Balaban J connectivity index is 1.83. The molecular weight excluding hydrogens is 453 g/mol. The molecule has 4 rings (SSSR count). The maximum absolute atomic E-state index is 15.0. The molecule has 35 heavy (non-hydrogen) atoms. The summed E-state index contributed by atoms with van der Waals surface area (Å²) in [6, 6.07) is 17.2. The molecule has 0 fully saturated rings. The molecule has 0 saturated carbocycles. The number of hydrogen-bond donors (Lipinski definition) is 4. The lowest BCUT2D eigenvalue weighted by Crippen LogP contribution is -2.18. The molecule has 0 aliphatic carbocycles. The highest BCUT2D eigenvalue weighted by molar-refractivity contribution is 5.94. The van der Waals surface area contributed by atoms with Gasteiger partial charge in [-0.15, -0.1) is 5.10 Å². The van der Waals surface area contributed by atoms with Crippen molar-refractivity contribution in [1.29, 1.82) is 5.41 Å². The van der Waals surface area contributed by atoms with E-state index >= 15 is 4.39 Å². The summed E-state index contributed by atoms with van der Waals surface area (Å²) < 4.78 is 21.2. The minimum Gasteiger partial charge on any atom is -0.497 e. The van der Waals surface area contributed by atoms with Crippen LogP contribution in [-0.2, 0) is 6.42 Å². The molecule has 1 heterocycles. The Labute approximate surface area is 199 Å². The number of aromatic carboxylic acids is 1. The second-order valence-corrected chi connectivity index (χ2v) is 7.80. The second-order valence-electron chi connectivity index (χ2n) is 7.80. The largest absolute Gasteiger partial charge is 0.497 e. The lowest BCUT2D eigenvalue weighted by Gasteiger charge is -2.17. The number of hydrogen-bond acceptors (Lipinski definition) is 5. The van der Waals surface area contributed by atoms with Crippen LogP contribution in [0.2, 0.25) is 0 Å². The van der Waals surface area contributed by atoms with Crippen molar-refractivity contribution in [3.63, 3.8) is 0 Å². The number of benzene rings is 3. The van der Waals surface area contributed by atoms with Crippen LogP contribution in [0.3, 0.4) is 0 Å². The number of para-hydroxylation sites is 1. The van der Waals surface area contributed by atoms with Crippen molar-refractivity contribution < 1.29 is 19.0 Å². The molecule has 0 bridgehead atoms. The van der Waals surface area contributed by atoms with E-state index in [2.05, 4.69) is 10.1 Å². The minimum atomic E-state index is -1.21. The molecule has 3 aromatic carbocycles. The first-order valence-electron chi connectivity index (χ1n) is 10.6. The summed E-state index contributed by atoms with van der Waals surface area (Å²) >= 11 is 0. The van der Waals surface area contributed by atoms with Crippen LogP contribution in [0, 0.1) is 11.2 Å². The first-order valence-corrected chi connectivity index (χ1v) is 10.6. The molecule has 0 amide bonds. The molecule has 10 heteroatoms. The zero-order chi connectivity index (χ0) is 25.1. The van der Waals surface area contributed by atoms with Gasteiger partial charge in [-0.05, 0) is 42.3 Å². The monoisotopic (exact) mass is 475 g/mol. The topological polar surface area (TPSA) is 147 Å². The van der Waals surface area contributed by atoms with Crippen molar-refractivity contribution in [2.24, 2.45) is 5.73 Å². The number of carbonyl (C=O) groups is 1. The van der Waals surface area contributed by atoms with Crippen molar-refractivity contribution in [1.82, 2.24) is 14.8 Å². The van der Waals surface area contributed by atoms with E-state index in [1.165, 1.54) is 37.4 Å². The van der Waals surface area contributed by atoms with Gasteiger partial charge < -0.3 is 15.6 Å². The quantitative estimate of drug-likeness (QED) is 0.227. The molecule has 178 valence electrons. The van der Waals surface area contributed by atoms with Crippen LogP contribution in [-0.4, -0.2) is 38.8 Å². The van der Waals surface area contributed by atoms with E-state index in [0.29, 0.717) is 11.3 Å². The van der Waals surface area contributed by atoms with Crippen LogP contribution in [0.15, 0.2) is 71.5 Å². The van der Waals surface area contributed by atoms with E-state index in [9.17, 15) is 14.7 Å². The van der Waals surface area contributed by atoms with Crippen molar-refractivity contribution in [2.75, 3.05) is 7.11 Å². The van der Waals surface area contributed by atoms with Gasteiger partial charge in [0.25, 0.3) is 0 Å². The average Bonchev–Trinajstić information content (AvgIpc) is 3.24. The predicted octanol–water partition coefficient (Wildman–Crippen LogP) is 3.07. The number of carboxylic acids is 1. The number of nitrogens with one attached hydrogen (secondary N) is 2. The van der Waals surface area contributed by atoms with Gasteiger partial charge in [0.1, 0.15) is 23.2 Å². The third-order valence-electron chi connectivity index (χ3n) is 5.61. The van der Waals surface area contributed by atoms with Gasteiger partial charge in [0.15, 0.2) is 0 Å². The number of nitrogens with two attached hydrogens (primary N) is 1. The van der Waals surface area contributed by atoms with Crippen LogP contribution in [0.1, 0.15) is 38.8 Å². The molecule has 0 aliphatic heterocycles. The number of halogens is 1. The summed E-state index contributed by atoms with van der Waals surface area (Å²) in [6.07, 6.45) is 0.246. The zero-order valence-corrected chi connectivity index (χ0v) is 18.7. The molecule has 1 unspecified atom stereocenters. The van der Waals surface area contributed by atoms with Gasteiger partial charge in [-0.2, -0.15) is 4.68 Å². The summed E-state index contributed by atoms with van der Waals surface area (Å²) in [5.74, 6) is -1.96. The summed E-state index contributed by atoms with van der Waals surface area (Å²) in [5.41, 5.74) is 6.43. The summed E-state index contributed by atoms with van der Waals surface area (Å²) in [7, 11) is 1.46. The van der Waals surface area contributed by atoms with E-state index in [4.69, 9.17) is 15.9 Å². The van der Waals surface area contributed by atoms with Crippen molar-refractivity contribution in [3.05, 3.63) is 111 Å². The molecule has 0 radical (unpaired) electrons. The number of nitrogen functional groups attached to an aromatic ring is 1. The molecule has 4 aromatic rings. The van der Waals surface area contributed by atoms with Crippen LogP contribution in [0.25, 0.3) is 5.69 Å². The highest BCUT2D eigenvalue weighted by Crippen LogP contribution is 2.31.